The zero-order valence-corrected chi connectivity index (χ0v) is 14.9. The van der Waals surface area contributed by atoms with Crippen molar-refractivity contribution in [2.24, 2.45) is 5.41 Å². The van der Waals surface area contributed by atoms with Gasteiger partial charge in [0.1, 0.15) is 5.52 Å². The zero-order valence-electron chi connectivity index (χ0n) is 14.9. The van der Waals surface area contributed by atoms with E-state index in [4.69, 9.17) is 9.15 Å². The number of oxazole rings is 1. The van der Waals surface area contributed by atoms with Crippen molar-refractivity contribution in [3.05, 3.63) is 18.2 Å². The molecule has 3 aliphatic heterocycles. The Hall–Kier alpha value is -2.12. The molecule has 7 heteroatoms. The first-order valence-corrected chi connectivity index (χ1v) is 9.49. The van der Waals surface area contributed by atoms with E-state index < -0.39 is 0 Å². The summed E-state index contributed by atoms with van der Waals surface area (Å²) in [7, 11) is 0. The second-order valence-corrected chi connectivity index (χ2v) is 7.64. The third-order valence-corrected chi connectivity index (χ3v) is 5.96. The number of rotatable bonds is 3. The highest BCUT2D eigenvalue weighted by Crippen LogP contribution is 2.40. The van der Waals surface area contributed by atoms with E-state index in [1.165, 1.54) is 0 Å². The Balaban J connectivity index is 1.35. The number of nitrogens with zero attached hydrogens (tertiary/aromatic N) is 3. The molecule has 2 bridgehead atoms. The van der Waals surface area contributed by atoms with Crippen molar-refractivity contribution in [3.63, 3.8) is 0 Å². The third-order valence-electron chi connectivity index (χ3n) is 5.96. The van der Waals surface area contributed by atoms with Crippen molar-refractivity contribution in [2.75, 3.05) is 56.2 Å². The molecule has 0 spiro atoms. The fourth-order valence-electron chi connectivity index (χ4n) is 4.44. The highest BCUT2D eigenvalue weighted by atomic mass is 16.5. The lowest BCUT2D eigenvalue weighted by molar-refractivity contribution is -0.126. The number of hydrogen-bond acceptors (Lipinski definition) is 6. The maximum Gasteiger partial charge on any atom is 0.298 e. The van der Waals surface area contributed by atoms with Gasteiger partial charge in [0, 0.05) is 31.4 Å². The number of ether oxygens (including phenoxy) is 1. The Kier molecular flexibility index (Phi) is 3.86. The second-order valence-electron chi connectivity index (χ2n) is 7.64. The van der Waals surface area contributed by atoms with Crippen molar-refractivity contribution in [2.45, 2.75) is 19.3 Å². The number of hydrogen-bond donors (Lipinski definition) is 1. The molecule has 0 aliphatic carbocycles. The molecule has 1 amide bonds. The molecule has 3 fully saturated rings. The fourth-order valence-corrected chi connectivity index (χ4v) is 4.44. The topological polar surface area (TPSA) is 70.8 Å². The summed E-state index contributed by atoms with van der Waals surface area (Å²) in [5.74, 6) is 0.145. The molecule has 3 aliphatic rings. The molecule has 26 heavy (non-hydrogen) atoms. The monoisotopic (exact) mass is 356 g/mol. The first kappa shape index (κ1) is 16.1. The van der Waals surface area contributed by atoms with E-state index in [9.17, 15) is 4.79 Å². The normalized spacial score (nSPS) is 28.5. The van der Waals surface area contributed by atoms with Crippen molar-refractivity contribution in [1.29, 1.82) is 0 Å². The summed E-state index contributed by atoms with van der Waals surface area (Å²) in [6.45, 7) is 6.02. The van der Waals surface area contributed by atoms with Crippen LogP contribution in [-0.4, -0.2) is 61.7 Å². The van der Waals surface area contributed by atoms with E-state index in [-0.39, 0.29) is 11.3 Å². The molecular weight excluding hydrogens is 332 g/mol. The van der Waals surface area contributed by atoms with Crippen LogP contribution in [0.1, 0.15) is 19.3 Å². The molecule has 0 radical (unpaired) electrons. The Morgan fingerprint density at radius 2 is 2.04 bits per heavy atom. The van der Waals surface area contributed by atoms with Crippen LogP contribution in [0.5, 0.6) is 0 Å². The Labute approximate surface area is 152 Å². The number of amides is 1. The first-order valence-electron chi connectivity index (χ1n) is 9.49. The summed E-state index contributed by atoms with van der Waals surface area (Å²) in [6.07, 6.45) is 3.06. The van der Waals surface area contributed by atoms with Crippen LogP contribution < -0.4 is 10.2 Å². The van der Waals surface area contributed by atoms with Crippen molar-refractivity contribution in [1.82, 2.24) is 9.88 Å². The van der Waals surface area contributed by atoms with Gasteiger partial charge < -0.3 is 24.3 Å². The van der Waals surface area contributed by atoms with Gasteiger partial charge in [0.25, 0.3) is 6.01 Å². The van der Waals surface area contributed by atoms with Crippen LogP contribution >= 0.6 is 0 Å². The third kappa shape index (κ3) is 2.75. The van der Waals surface area contributed by atoms with Gasteiger partial charge in [-0.25, -0.2) is 0 Å². The molecule has 1 N–H and O–H groups in total. The number of aromatic nitrogens is 1. The first-order chi connectivity index (χ1) is 12.7. The fraction of sp³-hybridized carbons (Fsp3) is 0.579. The van der Waals surface area contributed by atoms with Crippen LogP contribution in [-0.2, 0) is 9.53 Å². The Morgan fingerprint density at radius 3 is 2.92 bits per heavy atom. The number of nitrogens with one attached hydrogen (secondary N) is 1. The van der Waals surface area contributed by atoms with Gasteiger partial charge in [0.15, 0.2) is 5.58 Å². The van der Waals surface area contributed by atoms with Gasteiger partial charge in [-0.15, -0.1) is 0 Å². The van der Waals surface area contributed by atoms with E-state index in [0.29, 0.717) is 24.8 Å². The molecule has 2 unspecified atom stereocenters. The number of fused-ring (bicyclic) bond motifs is 3. The SMILES string of the molecule is O=C(Nc1ccc2nc(N3CCOCC3)oc2c1)C12CCCN(CC1)C2. The molecule has 5 rings (SSSR count). The zero-order chi connectivity index (χ0) is 17.6. The number of benzene rings is 1. The lowest BCUT2D eigenvalue weighted by Gasteiger charge is -2.32. The van der Waals surface area contributed by atoms with E-state index in [1.807, 2.05) is 18.2 Å². The van der Waals surface area contributed by atoms with E-state index in [2.05, 4.69) is 20.1 Å². The van der Waals surface area contributed by atoms with E-state index >= 15 is 0 Å². The predicted octanol–water partition coefficient (Wildman–Crippen LogP) is 2.09. The van der Waals surface area contributed by atoms with E-state index in [0.717, 1.165) is 63.2 Å². The van der Waals surface area contributed by atoms with Gasteiger partial charge in [0.05, 0.1) is 18.6 Å². The highest BCUT2D eigenvalue weighted by molar-refractivity contribution is 5.97. The van der Waals surface area contributed by atoms with Gasteiger partial charge in [0.2, 0.25) is 5.91 Å². The van der Waals surface area contributed by atoms with Crippen LogP contribution in [0.15, 0.2) is 22.6 Å². The highest BCUT2D eigenvalue weighted by Gasteiger charge is 2.46. The summed E-state index contributed by atoms with van der Waals surface area (Å²) >= 11 is 0. The summed E-state index contributed by atoms with van der Waals surface area (Å²) in [6, 6.07) is 6.34. The summed E-state index contributed by atoms with van der Waals surface area (Å²) in [5.41, 5.74) is 2.09. The quantitative estimate of drug-likeness (QED) is 0.908. The Bertz CT molecular complexity index is 825. The molecule has 2 atom stereocenters. The van der Waals surface area contributed by atoms with Crippen LogP contribution in [0, 0.1) is 5.41 Å². The second kappa shape index (κ2) is 6.25. The molecule has 2 aromatic rings. The van der Waals surface area contributed by atoms with Gasteiger partial charge in [-0.1, -0.05) is 0 Å². The minimum Gasteiger partial charge on any atom is -0.423 e. The van der Waals surface area contributed by atoms with E-state index in [1.54, 1.807) is 0 Å². The summed E-state index contributed by atoms with van der Waals surface area (Å²) < 4.78 is 11.3. The van der Waals surface area contributed by atoms with Crippen LogP contribution in [0.4, 0.5) is 11.7 Å². The maximum atomic E-state index is 12.9. The van der Waals surface area contributed by atoms with Crippen LogP contribution in [0.25, 0.3) is 11.1 Å². The Morgan fingerprint density at radius 1 is 1.15 bits per heavy atom. The number of carbonyl (C=O) groups is 1. The molecule has 7 nitrogen and oxygen atoms in total. The van der Waals surface area contributed by atoms with Crippen LogP contribution in [0.3, 0.4) is 0 Å². The predicted molar refractivity (Wildman–Crippen MR) is 98.4 cm³/mol. The standard InChI is InChI=1S/C19H24N4O3/c24-17(19-4-1-6-22(13-19)7-5-19)20-14-2-3-15-16(12-14)26-18(21-15)23-8-10-25-11-9-23/h2-3,12H,1,4-11,13H2,(H,20,24). The molecule has 3 saturated heterocycles. The van der Waals surface area contributed by atoms with Gasteiger partial charge in [-0.3, -0.25) is 4.79 Å². The smallest absolute Gasteiger partial charge is 0.298 e. The lowest BCUT2D eigenvalue weighted by Crippen LogP contribution is -2.42. The summed E-state index contributed by atoms with van der Waals surface area (Å²) in [4.78, 5) is 22.0. The largest absolute Gasteiger partial charge is 0.423 e. The molecule has 138 valence electrons. The van der Waals surface area contributed by atoms with Gasteiger partial charge >= 0.3 is 0 Å². The molecule has 1 aromatic carbocycles. The molecule has 4 heterocycles. The average molecular weight is 356 g/mol. The minimum absolute atomic E-state index is 0.145. The number of anilines is 2. The lowest BCUT2D eigenvalue weighted by atomic mass is 9.80. The summed E-state index contributed by atoms with van der Waals surface area (Å²) in [5, 5.41) is 3.12. The number of carbonyl (C=O) groups excluding carboxylic acids is 1. The van der Waals surface area contributed by atoms with Crippen molar-refractivity contribution < 1.29 is 13.9 Å². The van der Waals surface area contributed by atoms with Gasteiger partial charge in [-0.05, 0) is 44.5 Å². The molecule has 0 saturated carbocycles. The number of piperidine rings is 1. The number of morpholine rings is 1. The maximum absolute atomic E-state index is 12.9. The van der Waals surface area contributed by atoms with Crippen molar-refractivity contribution >= 4 is 28.7 Å². The van der Waals surface area contributed by atoms with Gasteiger partial charge in [-0.2, -0.15) is 4.98 Å². The van der Waals surface area contributed by atoms with Crippen LogP contribution in [0.2, 0.25) is 0 Å². The van der Waals surface area contributed by atoms with Crippen molar-refractivity contribution in [3.8, 4) is 0 Å². The molecule has 1 aromatic heterocycles. The average Bonchev–Trinajstić information content (AvgIpc) is 3.23. The minimum atomic E-state index is -0.215. The molecular formula is C19H24N4O3.